The monoisotopic (exact) mass is 601 g/mol. The lowest BCUT2D eigenvalue weighted by atomic mass is 10.0. The van der Waals surface area contributed by atoms with Gasteiger partial charge in [-0.15, -0.1) is 0 Å². The molecule has 36 heavy (non-hydrogen) atoms. The summed E-state index contributed by atoms with van der Waals surface area (Å²) in [5, 5.41) is 5.21. The first-order valence-corrected chi connectivity index (χ1v) is 12.3. The van der Waals surface area contributed by atoms with Crippen LogP contribution in [0.3, 0.4) is 0 Å². The minimum atomic E-state index is -1.21. The minimum absolute atomic E-state index is 0.0334. The zero-order chi connectivity index (χ0) is 25.2. The summed E-state index contributed by atoms with van der Waals surface area (Å²) in [5.41, 5.74) is 1.21. The van der Waals surface area contributed by atoms with Gasteiger partial charge < -0.3 is 20.1 Å². The molecule has 2 aliphatic rings. The summed E-state index contributed by atoms with van der Waals surface area (Å²) < 4.78 is 26.2. The van der Waals surface area contributed by atoms with E-state index in [1.54, 1.807) is 48.5 Å². The molecule has 2 atom stereocenters. The van der Waals surface area contributed by atoms with Crippen molar-refractivity contribution in [1.82, 2.24) is 10.2 Å². The summed E-state index contributed by atoms with van der Waals surface area (Å²) in [7, 11) is 0. The third-order valence-corrected chi connectivity index (χ3v) is 6.62. The fraction of sp³-hybridized carbons (Fsp3) is 0.192. The molecule has 2 N–H and O–H groups in total. The Morgan fingerprint density at radius 3 is 2.56 bits per heavy atom. The van der Waals surface area contributed by atoms with Crippen LogP contribution >= 0.6 is 22.6 Å². The van der Waals surface area contributed by atoms with Crippen molar-refractivity contribution >= 4 is 46.1 Å². The number of hydrogen-bond donors (Lipinski definition) is 2. The standard InChI is InChI=1S/C26H21FIN3O5/c27-18-14-17(28)7-8-19(18)29-24(32)20(12-15-4-2-1-3-5-15)31-25(33)23(30-26(31)34)16-6-9-21-22(13-16)36-11-10-35-21/h1-9,13-14,20,23H,10-12H2,(H,29,32)(H,30,34)/t20?,23-/m1/s1. The highest BCUT2D eigenvalue weighted by atomic mass is 127. The molecular weight excluding hydrogens is 580 g/mol. The maximum atomic E-state index is 14.5. The molecule has 4 amide bonds. The zero-order valence-corrected chi connectivity index (χ0v) is 21.0. The number of benzene rings is 3. The number of fused-ring (bicyclic) bond motifs is 1. The predicted molar refractivity (Wildman–Crippen MR) is 137 cm³/mol. The SMILES string of the molecule is O=C(Nc1ccc(I)cc1F)C(Cc1ccccc1)N1C(=O)N[C@H](c2ccc3c(c2)OCCO3)C1=O. The number of nitrogens with zero attached hydrogens (tertiary/aromatic N) is 1. The van der Waals surface area contributed by atoms with E-state index in [-0.39, 0.29) is 12.1 Å². The molecule has 0 radical (unpaired) electrons. The molecule has 0 bridgehead atoms. The quantitative estimate of drug-likeness (QED) is 0.329. The number of rotatable bonds is 6. The van der Waals surface area contributed by atoms with Gasteiger partial charge >= 0.3 is 6.03 Å². The Kier molecular flexibility index (Phi) is 6.77. The predicted octanol–water partition coefficient (Wildman–Crippen LogP) is 4.04. The summed E-state index contributed by atoms with van der Waals surface area (Å²) in [5.74, 6) is -0.840. The van der Waals surface area contributed by atoms with Gasteiger partial charge in [-0.2, -0.15) is 0 Å². The third-order valence-electron chi connectivity index (χ3n) is 5.95. The van der Waals surface area contributed by atoms with E-state index in [0.717, 1.165) is 10.5 Å². The number of amides is 4. The number of ether oxygens (including phenoxy) is 2. The van der Waals surface area contributed by atoms with Gasteiger partial charge in [-0.25, -0.2) is 14.1 Å². The lowest BCUT2D eigenvalue weighted by Crippen LogP contribution is -2.49. The van der Waals surface area contributed by atoms with E-state index in [0.29, 0.717) is 33.8 Å². The summed E-state index contributed by atoms with van der Waals surface area (Å²) in [6.07, 6.45) is 0.0612. The van der Waals surface area contributed by atoms with Crippen molar-refractivity contribution in [1.29, 1.82) is 0 Å². The van der Waals surface area contributed by atoms with Gasteiger partial charge in [0.15, 0.2) is 11.5 Å². The van der Waals surface area contributed by atoms with Gasteiger partial charge in [0.2, 0.25) is 5.91 Å². The van der Waals surface area contributed by atoms with Crippen molar-refractivity contribution < 1.29 is 28.2 Å². The average Bonchev–Trinajstić information content (AvgIpc) is 3.18. The van der Waals surface area contributed by atoms with Crippen LogP contribution in [0.5, 0.6) is 11.5 Å². The molecule has 0 aromatic heterocycles. The Labute approximate surface area is 219 Å². The van der Waals surface area contributed by atoms with Gasteiger partial charge in [-0.05, 0) is 64.0 Å². The number of carbonyl (C=O) groups excluding carboxylic acids is 3. The number of halogens is 2. The normalized spacial score (nSPS) is 17.5. The number of anilines is 1. The second-order valence-electron chi connectivity index (χ2n) is 8.31. The summed E-state index contributed by atoms with van der Waals surface area (Å²) in [6, 6.07) is 15.5. The first kappa shape index (κ1) is 24.0. The van der Waals surface area contributed by atoms with Gasteiger partial charge in [-0.3, -0.25) is 9.59 Å². The Bertz CT molecular complexity index is 1340. The van der Waals surface area contributed by atoms with Crippen molar-refractivity contribution in [3.63, 3.8) is 0 Å². The second kappa shape index (κ2) is 10.1. The molecule has 2 heterocycles. The van der Waals surface area contributed by atoms with Crippen LogP contribution in [0, 0.1) is 9.39 Å². The number of carbonyl (C=O) groups is 3. The smallest absolute Gasteiger partial charge is 0.325 e. The fourth-order valence-corrected chi connectivity index (χ4v) is 4.65. The first-order chi connectivity index (χ1) is 17.4. The van der Waals surface area contributed by atoms with Crippen LogP contribution < -0.4 is 20.1 Å². The largest absolute Gasteiger partial charge is 0.486 e. The zero-order valence-electron chi connectivity index (χ0n) is 18.9. The van der Waals surface area contributed by atoms with Gasteiger partial charge in [0.25, 0.3) is 5.91 Å². The first-order valence-electron chi connectivity index (χ1n) is 11.2. The van der Waals surface area contributed by atoms with E-state index in [9.17, 15) is 18.8 Å². The van der Waals surface area contributed by atoms with Crippen LogP contribution in [-0.2, 0) is 16.0 Å². The summed E-state index contributed by atoms with van der Waals surface area (Å²) in [6.45, 7) is 0.804. The molecule has 0 saturated carbocycles. The Balaban J connectivity index is 1.44. The van der Waals surface area contributed by atoms with Crippen molar-refractivity contribution in [2.75, 3.05) is 18.5 Å². The number of hydrogen-bond acceptors (Lipinski definition) is 5. The van der Waals surface area contributed by atoms with Crippen LogP contribution in [-0.4, -0.2) is 42.0 Å². The van der Waals surface area contributed by atoms with Crippen molar-refractivity contribution in [2.45, 2.75) is 18.5 Å². The lowest BCUT2D eigenvalue weighted by molar-refractivity contribution is -0.134. The van der Waals surface area contributed by atoms with E-state index in [1.807, 2.05) is 28.7 Å². The molecule has 2 aliphatic heterocycles. The van der Waals surface area contributed by atoms with Crippen LogP contribution in [0.1, 0.15) is 17.2 Å². The van der Waals surface area contributed by atoms with Crippen LogP contribution in [0.2, 0.25) is 0 Å². The third kappa shape index (κ3) is 4.85. The molecule has 10 heteroatoms. The van der Waals surface area contributed by atoms with Crippen LogP contribution in [0.15, 0.2) is 66.7 Å². The second-order valence-corrected chi connectivity index (χ2v) is 9.56. The number of urea groups is 1. The molecule has 0 spiro atoms. The molecular formula is C26H21FIN3O5. The van der Waals surface area contributed by atoms with E-state index >= 15 is 0 Å². The molecule has 3 aromatic rings. The maximum absolute atomic E-state index is 14.5. The molecule has 1 fully saturated rings. The number of imide groups is 1. The highest BCUT2D eigenvalue weighted by Gasteiger charge is 2.45. The van der Waals surface area contributed by atoms with Crippen molar-refractivity contribution in [2.24, 2.45) is 0 Å². The Hall–Kier alpha value is -3.67. The highest BCUT2D eigenvalue weighted by Crippen LogP contribution is 2.35. The van der Waals surface area contributed by atoms with E-state index in [4.69, 9.17) is 9.47 Å². The van der Waals surface area contributed by atoms with Gasteiger partial charge in [0.05, 0.1) is 5.69 Å². The van der Waals surface area contributed by atoms with Gasteiger partial charge in [0.1, 0.15) is 31.1 Å². The topological polar surface area (TPSA) is 97.0 Å². The molecule has 0 aliphatic carbocycles. The molecule has 5 rings (SSSR count). The minimum Gasteiger partial charge on any atom is -0.486 e. The van der Waals surface area contributed by atoms with E-state index < -0.39 is 35.7 Å². The van der Waals surface area contributed by atoms with Crippen LogP contribution in [0.25, 0.3) is 0 Å². The number of nitrogens with one attached hydrogen (secondary N) is 2. The van der Waals surface area contributed by atoms with E-state index in [1.165, 1.54) is 12.1 Å². The van der Waals surface area contributed by atoms with E-state index in [2.05, 4.69) is 10.6 Å². The lowest BCUT2D eigenvalue weighted by Gasteiger charge is -2.25. The summed E-state index contributed by atoms with van der Waals surface area (Å²) >= 11 is 1.97. The highest BCUT2D eigenvalue weighted by molar-refractivity contribution is 14.1. The molecule has 1 unspecified atom stereocenters. The summed E-state index contributed by atoms with van der Waals surface area (Å²) in [4.78, 5) is 40.8. The molecule has 1 saturated heterocycles. The Morgan fingerprint density at radius 1 is 1.06 bits per heavy atom. The maximum Gasteiger partial charge on any atom is 0.325 e. The van der Waals surface area contributed by atoms with Gasteiger partial charge in [-0.1, -0.05) is 36.4 Å². The van der Waals surface area contributed by atoms with Crippen LogP contribution in [0.4, 0.5) is 14.9 Å². The Morgan fingerprint density at radius 2 is 1.81 bits per heavy atom. The van der Waals surface area contributed by atoms with Gasteiger partial charge in [0, 0.05) is 9.99 Å². The molecule has 8 nitrogen and oxygen atoms in total. The molecule has 184 valence electrons. The fourth-order valence-electron chi connectivity index (χ4n) is 4.20. The average molecular weight is 601 g/mol. The van der Waals surface area contributed by atoms with Crippen molar-refractivity contribution in [3.8, 4) is 11.5 Å². The molecule has 3 aromatic carbocycles. The van der Waals surface area contributed by atoms with Crippen molar-refractivity contribution in [3.05, 3.63) is 87.2 Å².